The quantitative estimate of drug-likeness (QED) is 0.816. The van der Waals surface area contributed by atoms with Crippen molar-refractivity contribution in [3.05, 3.63) is 0 Å². The SMILES string of the molecule is O=C(CNC1(C(F)(F)F)CC1)NC1CCCCC1. The molecule has 0 heterocycles. The van der Waals surface area contributed by atoms with Gasteiger partial charge in [0.2, 0.25) is 5.91 Å². The minimum absolute atomic E-state index is 0.0766. The Balaban J connectivity index is 1.72. The third kappa shape index (κ3) is 3.16. The highest BCUT2D eigenvalue weighted by atomic mass is 19.4. The van der Waals surface area contributed by atoms with Gasteiger partial charge in [-0.15, -0.1) is 0 Å². The summed E-state index contributed by atoms with van der Waals surface area (Å²) in [5.41, 5.74) is -1.79. The molecule has 0 saturated heterocycles. The molecular weight excluding hydrogens is 245 g/mol. The summed E-state index contributed by atoms with van der Waals surface area (Å²) < 4.78 is 37.8. The lowest BCUT2D eigenvalue weighted by molar-refractivity contribution is -0.166. The molecule has 0 aromatic rings. The van der Waals surface area contributed by atoms with Gasteiger partial charge in [-0.05, 0) is 25.7 Å². The Hall–Kier alpha value is -0.780. The van der Waals surface area contributed by atoms with E-state index < -0.39 is 11.7 Å². The van der Waals surface area contributed by atoms with Crippen molar-refractivity contribution in [2.75, 3.05) is 6.54 Å². The standard InChI is InChI=1S/C12H19F3N2O/c13-12(14,15)11(6-7-11)16-8-10(18)17-9-4-2-1-3-5-9/h9,16H,1-8H2,(H,17,18). The predicted octanol–water partition coefficient (Wildman–Crippen LogP) is 2.12. The first kappa shape index (κ1) is 13.6. The van der Waals surface area contributed by atoms with Crippen molar-refractivity contribution in [2.24, 2.45) is 0 Å². The smallest absolute Gasteiger partial charge is 0.352 e. The molecule has 0 aromatic carbocycles. The highest BCUT2D eigenvalue weighted by molar-refractivity contribution is 5.78. The molecule has 6 heteroatoms. The second kappa shape index (κ2) is 5.07. The first-order chi connectivity index (χ1) is 8.43. The van der Waals surface area contributed by atoms with Gasteiger partial charge in [-0.25, -0.2) is 0 Å². The molecule has 0 atom stereocenters. The van der Waals surface area contributed by atoms with Crippen LogP contribution in [0, 0.1) is 0 Å². The second-order valence-corrected chi connectivity index (χ2v) is 5.34. The number of alkyl halides is 3. The summed E-state index contributed by atoms with van der Waals surface area (Å²) in [6.07, 6.45) is 1.14. The third-order valence-corrected chi connectivity index (χ3v) is 3.85. The number of nitrogens with one attached hydrogen (secondary N) is 2. The summed E-state index contributed by atoms with van der Waals surface area (Å²) in [5, 5.41) is 5.16. The molecule has 2 fully saturated rings. The molecular formula is C12H19F3N2O. The molecule has 18 heavy (non-hydrogen) atoms. The molecule has 3 nitrogen and oxygen atoms in total. The second-order valence-electron chi connectivity index (χ2n) is 5.34. The van der Waals surface area contributed by atoms with Crippen LogP contribution in [0.1, 0.15) is 44.9 Å². The van der Waals surface area contributed by atoms with E-state index in [-0.39, 0.29) is 31.3 Å². The van der Waals surface area contributed by atoms with Crippen molar-refractivity contribution >= 4 is 5.91 Å². The maximum atomic E-state index is 12.6. The molecule has 0 unspecified atom stereocenters. The van der Waals surface area contributed by atoms with Crippen LogP contribution < -0.4 is 10.6 Å². The minimum Gasteiger partial charge on any atom is -0.352 e. The summed E-state index contributed by atoms with van der Waals surface area (Å²) in [6, 6.07) is 0.147. The summed E-state index contributed by atoms with van der Waals surface area (Å²) in [6.45, 7) is -0.240. The number of hydrogen-bond acceptors (Lipinski definition) is 2. The number of rotatable bonds is 4. The molecule has 2 aliphatic carbocycles. The Kier molecular flexibility index (Phi) is 3.84. The van der Waals surface area contributed by atoms with Crippen molar-refractivity contribution in [1.29, 1.82) is 0 Å². The monoisotopic (exact) mass is 264 g/mol. The number of carbonyl (C=O) groups is 1. The molecule has 0 aliphatic heterocycles. The molecule has 2 rings (SSSR count). The molecule has 104 valence electrons. The maximum absolute atomic E-state index is 12.6. The molecule has 0 radical (unpaired) electrons. The van der Waals surface area contributed by atoms with Gasteiger partial charge in [-0.3, -0.25) is 10.1 Å². The molecule has 0 bridgehead atoms. The minimum atomic E-state index is -4.25. The van der Waals surface area contributed by atoms with Gasteiger partial charge >= 0.3 is 6.18 Å². The Morgan fingerprint density at radius 2 is 1.78 bits per heavy atom. The van der Waals surface area contributed by atoms with Crippen LogP contribution >= 0.6 is 0 Å². The highest BCUT2D eigenvalue weighted by Gasteiger charge is 2.63. The van der Waals surface area contributed by atoms with Gasteiger partial charge in [0.25, 0.3) is 0 Å². The topological polar surface area (TPSA) is 41.1 Å². The third-order valence-electron chi connectivity index (χ3n) is 3.85. The number of carbonyl (C=O) groups excluding carboxylic acids is 1. The van der Waals surface area contributed by atoms with Crippen LogP contribution in [0.15, 0.2) is 0 Å². The van der Waals surface area contributed by atoms with Gasteiger partial charge in [0, 0.05) is 6.04 Å². The average molecular weight is 264 g/mol. The first-order valence-electron chi connectivity index (χ1n) is 6.54. The van der Waals surface area contributed by atoms with E-state index in [1.807, 2.05) is 0 Å². The van der Waals surface area contributed by atoms with E-state index in [4.69, 9.17) is 0 Å². The normalized spacial score (nSPS) is 23.7. The zero-order valence-corrected chi connectivity index (χ0v) is 10.3. The Morgan fingerprint density at radius 3 is 2.28 bits per heavy atom. The van der Waals surface area contributed by atoms with Gasteiger partial charge in [-0.2, -0.15) is 13.2 Å². The van der Waals surface area contributed by atoms with Gasteiger partial charge < -0.3 is 5.32 Å². The zero-order valence-electron chi connectivity index (χ0n) is 10.3. The van der Waals surface area contributed by atoms with Crippen LogP contribution in [-0.4, -0.2) is 30.2 Å². The van der Waals surface area contributed by atoms with Gasteiger partial charge in [0.05, 0.1) is 6.54 Å². The van der Waals surface area contributed by atoms with Crippen molar-refractivity contribution in [3.8, 4) is 0 Å². The van der Waals surface area contributed by atoms with Gasteiger partial charge in [0.1, 0.15) is 5.54 Å². The highest BCUT2D eigenvalue weighted by Crippen LogP contribution is 2.48. The van der Waals surface area contributed by atoms with E-state index in [1.54, 1.807) is 0 Å². The summed E-state index contributed by atoms with van der Waals surface area (Å²) in [7, 11) is 0. The van der Waals surface area contributed by atoms with Crippen LogP contribution in [0.2, 0.25) is 0 Å². The zero-order chi connectivity index (χ0) is 13.2. The lowest BCUT2D eigenvalue weighted by atomic mass is 9.95. The summed E-state index contributed by atoms with van der Waals surface area (Å²) in [5.74, 6) is -0.322. The number of amides is 1. The lowest BCUT2D eigenvalue weighted by Crippen LogP contribution is -2.50. The van der Waals surface area contributed by atoms with E-state index in [0.29, 0.717) is 0 Å². The predicted molar refractivity (Wildman–Crippen MR) is 61.0 cm³/mol. The average Bonchev–Trinajstić information content (AvgIpc) is 3.08. The van der Waals surface area contributed by atoms with Gasteiger partial charge in [0.15, 0.2) is 0 Å². The van der Waals surface area contributed by atoms with Gasteiger partial charge in [-0.1, -0.05) is 19.3 Å². The van der Waals surface area contributed by atoms with Crippen LogP contribution in [0.3, 0.4) is 0 Å². The fourth-order valence-corrected chi connectivity index (χ4v) is 2.46. The van der Waals surface area contributed by atoms with E-state index in [1.165, 1.54) is 6.42 Å². The molecule has 1 amide bonds. The molecule has 0 aromatic heterocycles. The van der Waals surface area contributed by atoms with Crippen LogP contribution in [0.25, 0.3) is 0 Å². The van der Waals surface area contributed by atoms with Crippen LogP contribution in [0.4, 0.5) is 13.2 Å². The molecule has 2 aliphatic rings. The number of halogens is 3. The van der Waals surface area contributed by atoms with Crippen molar-refractivity contribution in [3.63, 3.8) is 0 Å². The van der Waals surface area contributed by atoms with Crippen molar-refractivity contribution < 1.29 is 18.0 Å². The lowest BCUT2D eigenvalue weighted by Gasteiger charge is -2.24. The molecule has 2 saturated carbocycles. The Bertz CT molecular complexity index is 307. The van der Waals surface area contributed by atoms with Crippen molar-refractivity contribution in [2.45, 2.75) is 62.7 Å². The molecule has 0 spiro atoms. The Labute approximate surface area is 104 Å². The fraction of sp³-hybridized carbons (Fsp3) is 0.917. The fourth-order valence-electron chi connectivity index (χ4n) is 2.46. The van der Waals surface area contributed by atoms with Crippen LogP contribution in [-0.2, 0) is 4.79 Å². The summed E-state index contributed by atoms with van der Waals surface area (Å²) in [4.78, 5) is 11.6. The summed E-state index contributed by atoms with van der Waals surface area (Å²) >= 11 is 0. The first-order valence-corrected chi connectivity index (χ1v) is 6.54. The molecule has 2 N–H and O–H groups in total. The largest absolute Gasteiger partial charge is 0.406 e. The van der Waals surface area contributed by atoms with E-state index >= 15 is 0 Å². The Morgan fingerprint density at radius 1 is 1.17 bits per heavy atom. The van der Waals surface area contributed by atoms with Crippen LogP contribution in [0.5, 0.6) is 0 Å². The van der Waals surface area contributed by atoms with E-state index in [9.17, 15) is 18.0 Å². The number of hydrogen-bond donors (Lipinski definition) is 2. The van der Waals surface area contributed by atoms with Crippen molar-refractivity contribution in [1.82, 2.24) is 10.6 Å². The maximum Gasteiger partial charge on any atom is 0.406 e. The van der Waals surface area contributed by atoms with E-state index in [2.05, 4.69) is 10.6 Å². The van der Waals surface area contributed by atoms with E-state index in [0.717, 1.165) is 25.7 Å².